The lowest BCUT2D eigenvalue weighted by Gasteiger charge is -2.40. The molecule has 32 heavy (non-hydrogen) atoms. The second kappa shape index (κ2) is 10.0. The van der Waals surface area contributed by atoms with Crippen LogP contribution in [0.15, 0.2) is 35.5 Å². The molecule has 7 heteroatoms. The van der Waals surface area contributed by atoms with Crippen molar-refractivity contribution in [2.24, 2.45) is 0 Å². The number of nitrogens with zero attached hydrogens (tertiary/aromatic N) is 2. The molecule has 2 unspecified atom stereocenters. The van der Waals surface area contributed by atoms with E-state index in [2.05, 4.69) is 55.4 Å². The Bertz CT molecular complexity index is 857. The minimum absolute atomic E-state index is 0.0251. The molecule has 0 aliphatic carbocycles. The first kappa shape index (κ1) is 24.3. The Morgan fingerprint density at radius 1 is 1.19 bits per heavy atom. The van der Waals surface area contributed by atoms with Gasteiger partial charge in [-0.05, 0) is 37.3 Å². The molecule has 176 valence electrons. The van der Waals surface area contributed by atoms with Crippen LogP contribution in [0.2, 0.25) is 0 Å². The van der Waals surface area contributed by atoms with Crippen molar-refractivity contribution in [2.75, 3.05) is 39.3 Å². The smallest absolute Gasteiger partial charge is 0.338 e. The number of urea groups is 1. The zero-order chi connectivity index (χ0) is 23.5. The predicted octanol–water partition coefficient (Wildman–Crippen LogP) is 3.18. The fourth-order valence-corrected chi connectivity index (χ4v) is 4.45. The van der Waals surface area contributed by atoms with Crippen molar-refractivity contribution >= 4 is 12.0 Å². The molecule has 0 radical (unpaired) electrons. The number of ether oxygens (including phenoxy) is 1. The Balaban J connectivity index is 2.06. The lowest BCUT2D eigenvalue weighted by molar-refractivity contribution is -0.139. The van der Waals surface area contributed by atoms with Gasteiger partial charge in [0.2, 0.25) is 0 Å². The third kappa shape index (κ3) is 5.33. The third-order valence-corrected chi connectivity index (χ3v) is 6.19. The molecule has 1 saturated heterocycles. The van der Waals surface area contributed by atoms with Crippen LogP contribution in [0.25, 0.3) is 0 Å². The minimum Gasteiger partial charge on any atom is -0.463 e. The van der Waals surface area contributed by atoms with Crippen LogP contribution in [0.5, 0.6) is 0 Å². The fourth-order valence-electron chi connectivity index (χ4n) is 4.45. The minimum atomic E-state index is -0.534. The van der Waals surface area contributed by atoms with E-state index < -0.39 is 6.04 Å². The molecule has 0 aromatic heterocycles. The van der Waals surface area contributed by atoms with Crippen molar-refractivity contribution in [1.29, 1.82) is 0 Å². The van der Waals surface area contributed by atoms with E-state index in [4.69, 9.17) is 4.74 Å². The largest absolute Gasteiger partial charge is 0.463 e. The Labute approximate surface area is 192 Å². The molecule has 7 nitrogen and oxygen atoms in total. The summed E-state index contributed by atoms with van der Waals surface area (Å²) in [5.41, 5.74) is 3.39. The van der Waals surface area contributed by atoms with Gasteiger partial charge in [-0.25, -0.2) is 9.59 Å². The summed E-state index contributed by atoms with van der Waals surface area (Å²) in [7, 11) is 0. The number of amides is 2. The number of carbonyl (C=O) groups excluding carboxylic acids is 2. The van der Waals surface area contributed by atoms with Gasteiger partial charge in [0.15, 0.2) is 0 Å². The van der Waals surface area contributed by atoms with E-state index in [9.17, 15) is 9.59 Å². The lowest BCUT2D eigenvalue weighted by Crippen LogP contribution is -2.54. The van der Waals surface area contributed by atoms with E-state index in [-0.39, 0.29) is 24.0 Å². The quantitative estimate of drug-likeness (QED) is 0.662. The number of likely N-dealkylation sites (N-methyl/N-ethyl adjacent to an activating group) is 1. The van der Waals surface area contributed by atoms with Gasteiger partial charge in [0.1, 0.15) is 0 Å². The van der Waals surface area contributed by atoms with Crippen LogP contribution in [0.3, 0.4) is 0 Å². The van der Waals surface area contributed by atoms with Gasteiger partial charge in [-0.15, -0.1) is 0 Å². The summed E-state index contributed by atoms with van der Waals surface area (Å²) >= 11 is 0. The molecule has 1 aromatic carbocycles. The molecule has 0 spiro atoms. The second-order valence-corrected chi connectivity index (χ2v) is 9.67. The number of hydrogen-bond donors (Lipinski definition) is 2. The number of hydrogen-bond acceptors (Lipinski definition) is 5. The Morgan fingerprint density at radius 2 is 1.88 bits per heavy atom. The highest BCUT2D eigenvalue weighted by atomic mass is 16.5. The van der Waals surface area contributed by atoms with Crippen molar-refractivity contribution in [3.8, 4) is 0 Å². The second-order valence-electron chi connectivity index (χ2n) is 9.67. The summed E-state index contributed by atoms with van der Waals surface area (Å²) in [6.07, 6.45) is 0. The molecule has 1 aromatic rings. The number of rotatable bonds is 6. The molecular weight excluding hydrogens is 404 g/mol. The third-order valence-electron chi connectivity index (χ3n) is 6.19. The highest BCUT2D eigenvalue weighted by Gasteiger charge is 2.38. The zero-order valence-corrected chi connectivity index (χ0v) is 20.3. The highest BCUT2D eigenvalue weighted by Crippen LogP contribution is 2.33. The van der Waals surface area contributed by atoms with Crippen LogP contribution < -0.4 is 10.6 Å². The SMILES string of the molecule is CCOC(=O)C1=C(CN2CCNC(C)C2)N(CC)C(=O)NC1c1ccc(C(C)(C)C)cc1. The number of esters is 1. The summed E-state index contributed by atoms with van der Waals surface area (Å²) in [5, 5.41) is 6.50. The first-order chi connectivity index (χ1) is 15.2. The number of carbonyl (C=O) groups is 2. The van der Waals surface area contributed by atoms with Crippen molar-refractivity contribution in [3.63, 3.8) is 0 Å². The molecule has 2 atom stereocenters. The standard InChI is InChI=1S/C25H38N4O3/c1-7-29-20(16-28-14-13-26-17(3)15-28)21(23(30)32-8-2)22(27-24(29)31)18-9-11-19(12-10-18)25(4,5)6/h9-12,17,22,26H,7-8,13-16H2,1-6H3,(H,27,31). The summed E-state index contributed by atoms with van der Waals surface area (Å²) in [5.74, 6) is -0.367. The van der Waals surface area contributed by atoms with Crippen LogP contribution in [0.4, 0.5) is 4.79 Å². The van der Waals surface area contributed by atoms with Gasteiger partial charge < -0.3 is 15.4 Å². The summed E-state index contributed by atoms with van der Waals surface area (Å²) in [4.78, 5) is 30.3. The maximum Gasteiger partial charge on any atom is 0.338 e. The Morgan fingerprint density at radius 3 is 2.44 bits per heavy atom. The average Bonchev–Trinajstić information content (AvgIpc) is 2.73. The molecular formula is C25H38N4O3. The summed E-state index contributed by atoms with van der Waals surface area (Å²) in [6, 6.07) is 7.83. The van der Waals surface area contributed by atoms with Gasteiger partial charge in [-0.2, -0.15) is 0 Å². The van der Waals surface area contributed by atoms with Crippen LogP contribution in [-0.2, 0) is 14.9 Å². The van der Waals surface area contributed by atoms with Gasteiger partial charge in [0.25, 0.3) is 0 Å². The maximum atomic E-state index is 13.2. The normalized spacial score (nSPS) is 22.7. The summed E-state index contributed by atoms with van der Waals surface area (Å²) in [6.45, 7) is 16.3. The number of nitrogens with one attached hydrogen (secondary N) is 2. The molecule has 0 saturated carbocycles. The van der Waals surface area contributed by atoms with Crippen molar-refractivity contribution < 1.29 is 14.3 Å². The molecule has 2 N–H and O–H groups in total. The fraction of sp³-hybridized carbons (Fsp3) is 0.600. The van der Waals surface area contributed by atoms with Crippen LogP contribution in [-0.4, -0.2) is 67.2 Å². The summed E-state index contributed by atoms with van der Waals surface area (Å²) < 4.78 is 5.47. The van der Waals surface area contributed by atoms with E-state index in [0.717, 1.165) is 30.9 Å². The predicted molar refractivity (Wildman–Crippen MR) is 126 cm³/mol. The average molecular weight is 443 g/mol. The van der Waals surface area contributed by atoms with Gasteiger partial charge in [0, 0.05) is 44.5 Å². The highest BCUT2D eigenvalue weighted by molar-refractivity contribution is 5.95. The van der Waals surface area contributed by atoms with E-state index in [1.165, 1.54) is 5.56 Å². The molecule has 2 amide bonds. The van der Waals surface area contributed by atoms with Crippen molar-refractivity contribution in [2.45, 2.75) is 59.0 Å². The monoisotopic (exact) mass is 442 g/mol. The van der Waals surface area contributed by atoms with Crippen LogP contribution in [0.1, 0.15) is 58.7 Å². The Hall–Kier alpha value is -2.38. The van der Waals surface area contributed by atoms with Crippen LogP contribution in [0, 0.1) is 0 Å². The van der Waals surface area contributed by atoms with Gasteiger partial charge >= 0.3 is 12.0 Å². The topological polar surface area (TPSA) is 73.9 Å². The zero-order valence-electron chi connectivity index (χ0n) is 20.3. The van der Waals surface area contributed by atoms with E-state index in [0.29, 0.717) is 24.7 Å². The molecule has 3 rings (SSSR count). The number of benzene rings is 1. The van der Waals surface area contributed by atoms with Gasteiger partial charge in [-0.1, -0.05) is 45.0 Å². The molecule has 2 aliphatic rings. The first-order valence-electron chi connectivity index (χ1n) is 11.7. The molecule has 1 fully saturated rings. The molecule has 2 heterocycles. The first-order valence-corrected chi connectivity index (χ1v) is 11.7. The van der Waals surface area contributed by atoms with E-state index in [1.54, 1.807) is 4.90 Å². The Kier molecular flexibility index (Phi) is 7.62. The van der Waals surface area contributed by atoms with Crippen molar-refractivity contribution in [3.05, 3.63) is 46.7 Å². The molecule has 0 bridgehead atoms. The lowest BCUT2D eigenvalue weighted by atomic mass is 9.85. The van der Waals surface area contributed by atoms with E-state index >= 15 is 0 Å². The van der Waals surface area contributed by atoms with Gasteiger partial charge in [0.05, 0.1) is 18.2 Å². The van der Waals surface area contributed by atoms with Gasteiger partial charge in [-0.3, -0.25) is 9.80 Å². The number of piperazine rings is 1. The maximum absolute atomic E-state index is 13.2. The van der Waals surface area contributed by atoms with E-state index in [1.807, 2.05) is 26.0 Å². The van der Waals surface area contributed by atoms with Crippen LogP contribution >= 0.6 is 0 Å². The molecule has 2 aliphatic heterocycles. The van der Waals surface area contributed by atoms with Crippen molar-refractivity contribution in [1.82, 2.24) is 20.4 Å².